The van der Waals surface area contributed by atoms with Gasteiger partial charge in [0.05, 0.1) is 17.4 Å². The molecule has 0 aliphatic carbocycles. The molecule has 2 aromatic heterocycles. The standard InChI is InChI=1S/C13H9ClN4O/c14-9-3-4-10(13-8(9)2-1-5-16-13)19-12-7-17-11(15)6-18-12/h1-7H,(H2,15,17). The van der Waals surface area contributed by atoms with Crippen molar-refractivity contribution in [2.45, 2.75) is 0 Å². The Balaban J connectivity index is 2.06. The van der Waals surface area contributed by atoms with E-state index in [9.17, 15) is 0 Å². The minimum Gasteiger partial charge on any atom is -0.435 e. The first-order valence-electron chi connectivity index (χ1n) is 5.52. The lowest BCUT2D eigenvalue weighted by Crippen LogP contribution is -1.94. The van der Waals surface area contributed by atoms with E-state index in [2.05, 4.69) is 15.0 Å². The Morgan fingerprint density at radius 2 is 1.95 bits per heavy atom. The van der Waals surface area contributed by atoms with Gasteiger partial charge in [0.2, 0.25) is 5.88 Å². The Labute approximate surface area is 114 Å². The molecule has 0 saturated carbocycles. The van der Waals surface area contributed by atoms with Gasteiger partial charge in [0.25, 0.3) is 0 Å². The Hall–Kier alpha value is -2.40. The summed E-state index contributed by atoms with van der Waals surface area (Å²) in [5, 5.41) is 1.45. The second kappa shape index (κ2) is 4.70. The van der Waals surface area contributed by atoms with E-state index < -0.39 is 0 Å². The number of halogens is 1. The second-order valence-corrected chi connectivity index (χ2v) is 4.23. The average molecular weight is 273 g/mol. The van der Waals surface area contributed by atoms with Crippen molar-refractivity contribution in [2.75, 3.05) is 5.73 Å². The van der Waals surface area contributed by atoms with Gasteiger partial charge in [-0.05, 0) is 24.3 Å². The summed E-state index contributed by atoms with van der Waals surface area (Å²) in [7, 11) is 0. The molecule has 3 aromatic rings. The van der Waals surface area contributed by atoms with E-state index in [4.69, 9.17) is 22.1 Å². The van der Waals surface area contributed by atoms with Crippen molar-refractivity contribution in [3.05, 3.63) is 47.9 Å². The van der Waals surface area contributed by atoms with Crippen molar-refractivity contribution in [3.63, 3.8) is 0 Å². The SMILES string of the molecule is Nc1cnc(Oc2ccc(Cl)c3cccnc23)cn1. The summed E-state index contributed by atoms with van der Waals surface area (Å²) < 4.78 is 5.65. The third-order valence-electron chi connectivity index (χ3n) is 2.54. The van der Waals surface area contributed by atoms with Crippen LogP contribution in [-0.4, -0.2) is 15.0 Å². The highest BCUT2D eigenvalue weighted by molar-refractivity contribution is 6.35. The zero-order chi connectivity index (χ0) is 13.2. The maximum absolute atomic E-state index is 6.11. The molecule has 0 aliphatic heterocycles. The fourth-order valence-electron chi connectivity index (χ4n) is 1.69. The molecule has 1 aromatic carbocycles. The molecule has 0 fully saturated rings. The van der Waals surface area contributed by atoms with Gasteiger partial charge < -0.3 is 10.5 Å². The Morgan fingerprint density at radius 3 is 2.74 bits per heavy atom. The minimum atomic E-state index is 0.339. The molecule has 19 heavy (non-hydrogen) atoms. The highest BCUT2D eigenvalue weighted by atomic mass is 35.5. The molecule has 0 radical (unpaired) electrons. The number of fused-ring (bicyclic) bond motifs is 1. The number of benzene rings is 1. The van der Waals surface area contributed by atoms with E-state index in [0.717, 1.165) is 5.39 Å². The van der Waals surface area contributed by atoms with E-state index in [0.29, 0.717) is 28.0 Å². The van der Waals surface area contributed by atoms with Crippen molar-refractivity contribution in [2.24, 2.45) is 0 Å². The zero-order valence-electron chi connectivity index (χ0n) is 9.75. The van der Waals surface area contributed by atoms with Gasteiger partial charge in [0, 0.05) is 11.6 Å². The lowest BCUT2D eigenvalue weighted by atomic mass is 10.2. The Bertz CT molecular complexity index is 730. The topological polar surface area (TPSA) is 73.9 Å². The van der Waals surface area contributed by atoms with E-state index in [1.165, 1.54) is 12.4 Å². The molecule has 0 unspecified atom stereocenters. The predicted octanol–water partition coefficient (Wildman–Crippen LogP) is 3.05. The summed E-state index contributed by atoms with van der Waals surface area (Å²) in [4.78, 5) is 12.2. The van der Waals surface area contributed by atoms with Crippen LogP contribution in [0.2, 0.25) is 5.02 Å². The van der Waals surface area contributed by atoms with Gasteiger partial charge in [-0.2, -0.15) is 0 Å². The summed E-state index contributed by atoms with van der Waals surface area (Å²) in [6, 6.07) is 7.20. The number of aromatic nitrogens is 3. The normalized spacial score (nSPS) is 10.6. The molecule has 6 heteroatoms. The van der Waals surface area contributed by atoms with Crippen molar-refractivity contribution >= 4 is 28.3 Å². The van der Waals surface area contributed by atoms with Crippen LogP contribution in [0.3, 0.4) is 0 Å². The van der Waals surface area contributed by atoms with Gasteiger partial charge >= 0.3 is 0 Å². The highest BCUT2D eigenvalue weighted by Crippen LogP contribution is 2.31. The zero-order valence-corrected chi connectivity index (χ0v) is 10.5. The molecule has 94 valence electrons. The molecule has 0 saturated heterocycles. The first-order valence-corrected chi connectivity index (χ1v) is 5.90. The van der Waals surface area contributed by atoms with Crippen LogP contribution < -0.4 is 10.5 Å². The summed E-state index contributed by atoms with van der Waals surface area (Å²) in [6.45, 7) is 0. The number of hydrogen-bond donors (Lipinski definition) is 1. The van der Waals surface area contributed by atoms with Crippen LogP contribution in [0.15, 0.2) is 42.9 Å². The van der Waals surface area contributed by atoms with E-state index in [-0.39, 0.29) is 0 Å². The van der Waals surface area contributed by atoms with Crippen molar-refractivity contribution in [3.8, 4) is 11.6 Å². The number of ether oxygens (including phenoxy) is 1. The number of nitrogens with two attached hydrogens (primary N) is 1. The van der Waals surface area contributed by atoms with Gasteiger partial charge in [0.15, 0.2) is 5.75 Å². The van der Waals surface area contributed by atoms with Crippen molar-refractivity contribution < 1.29 is 4.74 Å². The molecular weight excluding hydrogens is 264 g/mol. The van der Waals surface area contributed by atoms with Gasteiger partial charge in [0.1, 0.15) is 11.3 Å². The van der Waals surface area contributed by atoms with E-state index in [1.807, 2.05) is 12.1 Å². The predicted molar refractivity (Wildman–Crippen MR) is 73.3 cm³/mol. The third kappa shape index (κ3) is 2.28. The number of nitrogen functional groups attached to an aromatic ring is 1. The molecule has 3 rings (SSSR count). The maximum atomic E-state index is 6.11. The Kier molecular flexibility index (Phi) is 2.89. The molecule has 0 spiro atoms. The van der Waals surface area contributed by atoms with Gasteiger partial charge in [-0.1, -0.05) is 11.6 Å². The van der Waals surface area contributed by atoms with E-state index in [1.54, 1.807) is 18.3 Å². The van der Waals surface area contributed by atoms with Gasteiger partial charge in [-0.3, -0.25) is 4.98 Å². The summed E-state index contributed by atoms with van der Waals surface area (Å²) in [6.07, 6.45) is 4.57. The monoisotopic (exact) mass is 272 g/mol. The lowest BCUT2D eigenvalue weighted by molar-refractivity contribution is 0.464. The number of nitrogens with zero attached hydrogens (tertiary/aromatic N) is 3. The van der Waals surface area contributed by atoms with E-state index >= 15 is 0 Å². The summed E-state index contributed by atoms with van der Waals surface area (Å²) >= 11 is 6.11. The fraction of sp³-hybridized carbons (Fsp3) is 0. The van der Waals surface area contributed by atoms with Crippen LogP contribution in [-0.2, 0) is 0 Å². The second-order valence-electron chi connectivity index (χ2n) is 3.83. The van der Waals surface area contributed by atoms with Gasteiger partial charge in [-0.15, -0.1) is 0 Å². The molecule has 0 aliphatic rings. The Morgan fingerprint density at radius 1 is 1.05 bits per heavy atom. The molecule has 2 N–H and O–H groups in total. The van der Waals surface area contributed by atoms with Crippen LogP contribution in [0.25, 0.3) is 10.9 Å². The molecule has 5 nitrogen and oxygen atoms in total. The first-order chi connectivity index (χ1) is 9.24. The molecular formula is C13H9ClN4O. The average Bonchev–Trinajstić information content (AvgIpc) is 2.45. The largest absolute Gasteiger partial charge is 0.435 e. The van der Waals surface area contributed by atoms with Crippen LogP contribution >= 0.6 is 11.6 Å². The summed E-state index contributed by atoms with van der Waals surface area (Å²) in [5.74, 6) is 1.26. The minimum absolute atomic E-state index is 0.339. The highest BCUT2D eigenvalue weighted by Gasteiger charge is 2.08. The molecule has 0 bridgehead atoms. The van der Waals surface area contributed by atoms with Crippen LogP contribution in [0.1, 0.15) is 0 Å². The molecule has 0 atom stereocenters. The number of hydrogen-bond acceptors (Lipinski definition) is 5. The lowest BCUT2D eigenvalue weighted by Gasteiger charge is -2.08. The number of rotatable bonds is 2. The molecule has 2 heterocycles. The third-order valence-corrected chi connectivity index (χ3v) is 2.87. The maximum Gasteiger partial charge on any atom is 0.238 e. The number of pyridine rings is 1. The molecule has 0 amide bonds. The number of anilines is 1. The quantitative estimate of drug-likeness (QED) is 0.776. The van der Waals surface area contributed by atoms with Crippen LogP contribution in [0, 0.1) is 0 Å². The first kappa shape index (κ1) is 11.7. The van der Waals surface area contributed by atoms with Crippen molar-refractivity contribution in [1.29, 1.82) is 0 Å². The van der Waals surface area contributed by atoms with Crippen LogP contribution in [0.5, 0.6) is 11.6 Å². The van der Waals surface area contributed by atoms with Crippen LogP contribution in [0.4, 0.5) is 5.82 Å². The van der Waals surface area contributed by atoms with Gasteiger partial charge in [-0.25, -0.2) is 9.97 Å². The van der Waals surface area contributed by atoms with Crippen molar-refractivity contribution in [1.82, 2.24) is 15.0 Å². The fourth-order valence-corrected chi connectivity index (χ4v) is 1.90. The summed E-state index contributed by atoms with van der Waals surface area (Å²) in [5.41, 5.74) is 6.15. The smallest absolute Gasteiger partial charge is 0.238 e.